The molecule has 1 aliphatic heterocycles. The molecule has 3 nitrogen and oxygen atoms in total. The van der Waals surface area contributed by atoms with Gasteiger partial charge in [0.1, 0.15) is 5.82 Å². The number of nitrogens with one attached hydrogen (secondary N) is 1. The van der Waals surface area contributed by atoms with Crippen molar-refractivity contribution in [3.05, 3.63) is 47.0 Å². The highest BCUT2D eigenvalue weighted by Crippen LogP contribution is 2.28. The summed E-state index contributed by atoms with van der Waals surface area (Å²) in [6, 6.07) is 4.28. The lowest BCUT2D eigenvalue weighted by Gasteiger charge is -2.17. The van der Waals surface area contributed by atoms with Crippen molar-refractivity contribution >= 4 is 0 Å². The first-order chi connectivity index (χ1) is 9.59. The van der Waals surface area contributed by atoms with Crippen LogP contribution in [0.15, 0.2) is 18.2 Å². The second kappa shape index (κ2) is 4.98. The number of aromatic nitrogens is 2. The van der Waals surface area contributed by atoms with Crippen LogP contribution in [0.2, 0.25) is 0 Å². The van der Waals surface area contributed by atoms with Crippen molar-refractivity contribution < 1.29 is 8.78 Å². The van der Waals surface area contributed by atoms with Crippen LogP contribution in [0.1, 0.15) is 37.0 Å². The Labute approximate surface area is 116 Å². The van der Waals surface area contributed by atoms with Crippen LogP contribution in [-0.2, 0) is 13.0 Å². The average molecular weight is 277 g/mol. The largest absolute Gasteiger partial charge is 0.311 e. The van der Waals surface area contributed by atoms with Gasteiger partial charge in [0, 0.05) is 31.1 Å². The van der Waals surface area contributed by atoms with Crippen LogP contribution in [0.25, 0.3) is 5.69 Å². The molecule has 0 fully saturated rings. The highest BCUT2D eigenvalue weighted by atomic mass is 19.2. The van der Waals surface area contributed by atoms with Gasteiger partial charge in [-0.25, -0.2) is 13.8 Å². The smallest absolute Gasteiger partial charge is 0.182 e. The van der Waals surface area contributed by atoms with Crippen LogP contribution < -0.4 is 5.32 Å². The number of rotatable bonds is 2. The summed E-state index contributed by atoms with van der Waals surface area (Å²) in [4.78, 5) is 4.61. The predicted octanol–water partition coefficient (Wildman–Crippen LogP) is 2.92. The molecule has 1 aliphatic rings. The molecule has 0 radical (unpaired) electrons. The second-order valence-electron chi connectivity index (χ2n) is 5.35. The summed E-state index contributed by atoms with van der Waals surface area (Å²) >= 11 is 0. The van der Waals surface area contributed by atoms with Crippen LogP contribution in [0.5, 0.6) is 0 Å². The normalized spacial score (nSPS) is 14.7. The van der Waals surface area contributed by atoms with Crippen molar-refractivity contribution in [3.63, 3.8) is 0 Å². The molecule has 0 saturated heterocycles. The van der Waals surface area contributed by atoms with E-state index in [4.69, 9.17) is 0 Å². The molecule has 0 atom stereocenters. The quantitative estimate of drug-likeness (QED) is 0.914. The summed E-state index contributed by atoms with van der Waals surface area (Å²) in [6.07, 6.45) is 0.769. The first-order valence-electron chi connectivity index (χ1n) is 6.85. The number of hydrogen-bond donors (Lipinski definition) is 1. The van der Waals surface area contributed by atoms with Gasteiger partial charge >= 0.3 is 0 Å². The van der Waals surface area contributed by atoms with E-state index in [1.54, 1.807) is 10.6 Å². The molecule has 0 amide bonds. The van der Waals surface area contributed by atoms with Crippen molar-refractivity contribution in [3.8, 4) is 5.69 Å². The average Bonchev–Trinajstić information content (AvgIpc) is 2.81. The Morgan fingerprint density at radius 1 is 1.30 bits per heavy atom. The Kier molecular flexibility index (Phi) is 3.30. The van der Waals surface area contributed by atoms with Crippen molar-refractivity contribution in [1.29, 1.82) is 0 Å². The molecule has 1 N–H and O–H groups in total. The summed E-state index contributed by atoms with van der Waals surface area (Å²) in [5.41, 5.74) is 2.17. The zero-order valence-corrected chi connectivity index (χ0v) is 11.6. The van der Waals surface area contributed by atoms with Gasteiger partial charge in [-0.1, -0.05) is 19.9 Å². The fraction of sp³-hybridized carbons (Fsp3) is 0.400. The first-order valence-corrected chi connectivity index (χ1v) is 6.85. The zero-order valence-electron chi connectivity index (χ0n) is 11.6. The molecule has 0 spiro atoms. The lowest BCUT2D eigenvalue weighted by atomic mass is 10.1. The summed E-state index contributed by atoms with van der Waals surface area (Å²) in [7, 11) is 0. The number of hydrogen-bond acceptors (Lipinski definition) is 2. The van der Waals surface area contributed by atoms with E-state index in [0.29, 0.717) is 6.54 Å². The van der Waals surface area contributed by atoms with Gasteiger partial charge in [0.2, 0.25) is 0 Å². The van der Waals surface area contributed by atoms with Gasteiger partial charge in [0.25, 0.3) is 0 Å². The molecule has 3 rings (SSSR count). The summed E-state index contributed by atoms with van der Waals surface area (Å²) < 4.78 is 29.4. The van der Waals surface area contributed by atoms with Crippen LogP contribution in [0, 0.1) is 11.6 Å². The molecule has 106 valence electrons. The van der Waals surface area contributed by atoms with E-state index in [9.17, 15) is 8.78 Å². The number of benzene rings is 1. The summed E-state index contributed by atoms with van der Waals surface area (Å²) in [6.45, 7) is 5.52. The van der Waals surface area contributed by atoms with Gasteiger partial charge < -0.3 is 5.32 Å². The number of halogens is 2. The third-order valence-corrected chi connectivity index (χ3v) is 3.60. The summed E-state index contributed by atoms with van der Waals surface area (Å²) in [5, 5.41) is 3.25. The maximum atomic E-state index is 14.1. The van der Waals surface area contributed by atoms with Gasteiger partial charge in [-0.15, -0.1) is 0 Å². The Hall–Kier alpha value is -1.75. The van der Waals surface area contributed by atoms with E-state index in [0.717, 1.165) is 36.2 Å². The minimum absolute atomic E-state index is 0.142. The van der Waals surface area contributed by atoms with Crippen molar-refractivity contribution in [2.75, 3.05) is 6.54 Å². The van der Waals surface area contributed by atoms with Gasteiger partial charge in [0.15, 0.2) is 11.6 Å². The van der Waals surface area contributed by atoms with Crippen LogP contribution in [0.3, 0.4) is 0 Å². The Balaban J connectivity index is 2.26. The number of imidazole rings is 1. The first kappa shape index (κ1) is 13.2. The van der Waals surface area contributed by atoms with Crippen molar-refractivity contribution in [1.82, 2.24) is 14.9 Å². The zero-order chi connectivity index (χ0) is 14.3. The molecule has 0 unspecified atom stereocenters. The second-order valence-corrected chi connectivity index (χ2v) is 5.35. The standard InChI is InChI=1S/C15H17F2N3/c1-9(2)15-19-11-8-18-7-6-12(11)20(15)13-5-3-4-10(16)14(13)17/h3-5,9,18H,6-8H2,1-2H3. The molecule has 1 aromatic heterocycles. The molecule has 0 bridgehead atoms. The fourth-order valence-electron chi connectivity index (χ4n) is 2.65. The lowest BCUT2D eigenvalue weighted by Crippen LogP contribution is -2.25. The molecule has 0 aliphatic carbocycles. The van der Waals surface area contributed by atoms with Gasteiger partial charge in [0.05, 0.1) is 11.4 Å². The third-order valence-electron chi connectivity index (χ3n) is 3.60. The van der Waals surface area contributed by atoms with E-state index in [2.05, 4.69) is 10.3 Å². The highest BCUT2D eigenvalue weighted by molar-refractivity contribution is 5.41. The molecular weight excluding hydrogens is 260 g/mol. The maximum absolute atomic E-state index is 14.1. The molecule has 0 saturated carbocycles. The fourth-order valence-corrected chi connectivity index (χ4v) is 2.65. The van der Waals surface area contributed by atoms with E-state index in [1.807, 2.05) is 13.8 Å². The minimum Gasteiger partial charge on any atom is -0.311 e. The monoisotopic (exact) mass is 277 g/mol. The Morgan fingerprint density at radius 2 is 2.10 bits per heavy atom. The SMILES string of the molecule is CC(C)c1nc2c(n1-c1cccc(F)c1F)CCNC2. The lowest BCUT2D eigenvalue weighted by molar-refractivity contribution is 0.501. The third kappa shape index (κ3) is 2.02. The van der Waals surface area contributed by atoms with E-state index in [1.165, 1.54) is 6.07 Å². The maximum Gasteiger partial charge on any atom is 0.182 e. The number of fused-ring (bicyclic) bond motifs is 1. The summed E-state index contributed by atoms with van der Waals surface area (Å²) in [5.74, 6) is -0.715. The van der Waals surface area contributed by atoms with E-state index in [-0.39, 0.29) is 11.6 Å². The van der Waals surface area contributed by atoms with Crippen molar-refractivity contribution in [2.24, 2.45) is 0 Å². The van der Waals surface area contributed by atoms with Gasteiger partial charge in [-0.05, 0) is 12.1 Å². The predicted molar refractivity (Wildman–Crippen MR) is 73.0 cm³/mol. The molecule has 2 heterocycles. The van der Waals surface area contributed by atoms with E-state index < -0.39 is 11.6 Å². The topological polar surface area (TPSA) is 29.9 Å². The molecular formula is C15H17F2N3. The molecule has 1 aromatic carbocycles. The number of nitrogens with zero attached hydrogens (tertiary/aromatic N) is 2. The molecule has 5 heteroatoms. The van der Waals surface area contributed by atoms with Crippen LogP contribution >= 0.6 is 0 Å². The van der Waals surface area contributed by atoms with Gasteiger partial charge in [-0.3, -0.25) is 4.57 Å². The Morgan fingerprint density at radius 3 is 2.85 bits per heavy atom. The van der Waals surface area contributed by atoms with E-state index >= 15 is 0 Å². The van der Waals surface area contributed by atoms with Crippen molar-refractivity contribution in [2.45, 2.75) is 32.7 Å². The minimum atomic E-state index is -0.825. The van der Waals surface area contributed by atoms with Crippen LogP contribution in [0.4, 0.5) is 8.78 Å². The highest BCUT2D eigenvalue weighted by Gasteiger charge is 2.24. The van der Waals surface area contributed by atoms with Crippen LogP contribution in [-0.4, -0.2) is 16.1 Å². The Bertz CT molecular complexity index is 647. The van der Waals surface area contributed by atoms with Gasteiger partial charge in [-0.2, -0.15) is 0 Å². The molecule has 2 aromatic rings. The molecule has 20 heavy (non-hydrogen) atoms.